The SMILES string of the molecule is Cc1ccc(C(O)=C2C(=O)C(O)N(c3ncccn3)C2c2ccccc2F)o1. The second-order valence-electron chi connectivity index (χ2n) is 6.29. The number of carbonyl (C=O) groups is 1. The van der Waals surface area contributed by atoms with Gasteiger partial charge < -0.3 is 14.6 Å². The molecule has 0 aliphatic carbocycles. The summed E-state index contributed by atoms with van der Waals surface area (Å²) < 4.78 is 20.1. The Labute approximate surface area is 159 Å². The highest BCUT2D eigenvalue weighted by molar-refractivity contribution is 6.09. The van der Waals surface area contributed by atoms with Gasteiger partial charge in [0.1, 0.15) is 11.6 Å². The second-order valence-corrected chi connectivity index (χ2v) is 6.29. The summed E-state index contributed by atoms with van der Waals surface area (Å²) in [7, 11) is 0. The third kappa shape index (κ3) is 2.84. The summed E-state index contributed by atoms with van der Waals surface area (Å²) in [6, 6.07) is 9.37. The fourth-order valence-electron chi connectivity index (χ4n) is 3.27. The van der Waals surface area contributed by atoms with E-state index in [-0.39, 0.29) is 22.8 Å². The maximum atomic E-state index is 14.6. The van der Waals surface area contributed by atoms with Gasteiger partial charge in [-0.05, 0) is 31.2 Å². The minimum absolute atomic E-state index is 0.0232. The number of nitrogens with zero attached hydrogens (tertiary/aromatic N) is 3. The maximum Gasteiger partial charge on any atom is 0.228 e. The molecule has 1 aliphatic rings. The van der Waals surface area contributed by atoms with Crippen molar-refractivity contribution in [3.8, 4) is 0 Å². The predicted molar refractivity (Wildman–Crippen MR) is 97.7 cm³/mol. The van der Waals surface area contributed by atoms with Gasteiger partial charge >= 0.3 is 0 Å². The number of carbonyl (C=O) groups excluding carboxylic acids is 1. The van der Waals surface area contributed by atoms with E-state index in [9.17, 15) is 19.4 Å². The highest BCUT2D eigenvalue weighted by Crippen LogP contribution is 2.43. The van der Waals surface area contributed by atoms with Crippen LogP contribution in [0.2, 0.25) is 0 Å². The van der Waals surface area contributed by atoms with Crippen molar-refractivity contribution in [3.63, 3.8) is 0 Å². The number of hydrogen-bond donors (Lipinski definition) is 2. The fraction of sp³-hybridized carbons (Fsp3) is 0.150. The van der Waals surface area contributed by atoms with Gasteiger partial charge in [0.25, 0.3) is 0 Å². The zero-order chi connectivity index (χ0) is 19.8. The van der Waals surface area contributed by atoms with E-state index in [1.54, 1.807) is 25.1 Å². The van der Waals surface area contributed by atoms with Crippen molar-refractivity contribution in [3.05, 3.63) is 83.3 Å². The van der Waals surface area contributed by atoms with E-state index in [2.05, 4.69) is 9.97 Å². The van der Waals surface area contributed by atoms with Crippen molar-refractivity contribution in [2.45, 2.75) is 19.2 Å². The molecule has 7 nitrogen and oxygen atoms in total. The van der Waals surface area contributed by atoms with Gasteiger partial charge in [-0.2, -0.15) is 0 Å². The summed E-state index contributed by atoms with van der Waals surface area (Å²) in [4.78, 5) is 22.2. The zero-order valence-corrected chi connectivity index (χ0v) is 14.8. The van der Waals surface area contributed by atoms with Crippen molar-refractivity contribution in [2.24, 2.45) is 0 Å². The molecule has 0 amide bonds. The average molecular weight is 381 g/mol. The van der Waals surface area contributed by atoms with Crippen LogP contribution in [0.1, 0.15) is 23.1 Å². The lowest BCUT2D eigenvalue weighted by molar-refractivity contribution is -0.121. The van der Waals surface area contributed by atoms with Crippen LogP contribution in [0.3, 0.4) is 0 Å². The van der Waals surface area contributed by atoms with E-state index < -0.39 is 29.6 Å². The molecule has 0 spiro atoms. The van der Waals surface area contributed by atoms with E-state index in [4.69, 9.17) is 4.42 Å². The van der Waals surface area contributed by atoms with Gasteiger partial charge in [-0.15, -0.1) is 0 Å². The molecule has 3 heterocycles. The molecule has 1 aromatic carbocycles. The van der Waals surface area contributed by atoms with Crippen molar-refractivity contribution in [2.75, 3.05) is 4.90 Å². The largest absolute Gasteiger partial charge is 0.504 e. The Morgan fingerprint density at radius 3 is 2.50 bits per heavy atom. The second kappa shape index (κ2) is 6.90. The predicted octanol–water partition coefficient (Wildman–Crippen LogP) is 2.94. The molecule has 28 heavy (non-hydrogen) atoms. The zero-order valence-electron chi connectivity index (χ0n) is 14.8. The molecule has 2 atom stereocenters. The Morgan fingerprint density at radius 1 is 1.14 bits per heavy atom. The Bertz CT molecular complexity index is 1060. The van der Waals surface area contributed by atoms with E-state index >= 15 is 0 Å². The number of aromatic nitrogens is 2. The lowest BCUT2D eigenvalue weighted by Crippen LogP contribution is -2.35. The quantitative estimate of drug-likeness (QED) is 0.531. The minimum Gasteiger partial charge on any atom is -0.504 e. The molecule has 0 saturated carbocycles. The van der Waals surface area contributed by atoms with Crippen LogP contribution < -0.4 is 4.90 Å². The molecular weight excluding hydrogens is 365 g/mol. The lowest BCUT2D eigenvalue weighted by atomic mass is 9.96. The average Bonchev–Trinajstić information content (AvgIpc) is 3.24. The van der Waals surface area contributed by atoms with Crippen molar-refractivity contribution in [1.29, 1.82) is 0 Å². The first-order chi connectivity index (χ1) is 13.5. The molecule has 2 unspecified atom stereocenters. The molecule has 1 aliphatic heterocycles. The van der Waals surface area contributed by atoms with E-state index in [0.29, 0.717) is 5.76 Å². The number of aliphatic hydroxyl groups excluding tert-OH is 2. The first-order valence-electron chi connectivity index (χ1n) is 8.51. The number of aliphatic hydroxyl groups is 2. The third-order valence-corrected chi connectivity index (χ3v) is 4.53. The molecular formula is C20H16FN3O4. The molecule has 2 aromatic heterocycles. The number of halogens is 1. The topological polar surface area (TPSA) is 99.7 Å². The van der Waals surface area contributed by atoms with E-state index in [1.165, 1.54) is 41.6 Å². The highest BCUT2D eigenvalue weighted by atomic mass is 19.1. The van der Waals surface area contributed by atoms with Crippen LogP contribution in [0.25, 0.3) is 5.76 Å². The van der Waals surface area contributed by atoms with E-state index in [0.717, 1.165) is 0 Å². The maximum absolute atomic E-state index is 14.6. The molecule has 8 heteroatoms. The molecule has 142 valence electrons. The number of Topliss-reactive ketones (excluding diaryl/α,β-unsaturated/α-hetero) is 1. The standard InChI is InChI=1S/C20H16FN3O4/c1-11-7-8-14(28-11)17(25)15-16(12-5-2-3-6-13(12)21)24(19(27)18(15)26)20-22-9-4-10-23-20/h2-10,16,19,25,27H,1H3. The van der Waals surface area contributed by atoms with Gasteiger partial charge in [0, 0.05) is 18.0 Å². The smallest absolute Gasteiger partial charge is 0.228 e. The first-order valence-corrected chi connectivity index (χ1v) is 8.51. The van der Waals surface area contributed by atoms with Crippen molar-refractivity contribution >= 4 is 17.5 Å². The van der Waals surface area contributed by atoms with Crippen LogP contribution in [0.15, 0.2) is 64.8 Å². The normalized spacial score (nSPS) is 21.2. The number of ketones is 1. The van der Waals surface area contributed by atoms with Gasteiger partial charge in [-0.1, -0.05) is 18.2 Å². The van der Waals surface area contributed by atoms with Gasteiger partial charge in [0.15, 0.2) is 17.7 Å². The summed E-state index contributed by atoms with van der Waals surface area (Å²) in [5, 5.41) is 21.4. The number of benzene rings is 1. The van der Waals surface area contributed by atoms with E-state index in [1.807, 2.05) is 0 Å². The van der Waals surface area contributed by atoms with Crippen molar-refractivity contribution < 1.29 is 23.8 Å². The van der Waals surface area contributed by atoms with Gasteiger partial charge in [-0.25, -0.2) is 14.4 Å². The molecule has 3 aromatic rings. The molecule has 0 radical (unpaired) electrons. The van der Waals surface area contributed by atoms with Gasteiger partial charge in [0.05, 0.1) is 11.6 Å². The number of furan rings is 1. The monoisotopic (exact) mass is 381 g/mol. The molecule has 1 fully saturated rings. The number of rotatable bonds is 3. The van der Waals surface area contributed by atoms with Crippen LogP contribution in [-0.2, 0) is 4.79 Å². The van der Waals surface area contributed by atoms with Gasteiger partial charge in [0.2, 0.25) is 11.7 Å². The summed E-state index contributed by atoms with van der Waals surface area (Å²) in [5.41, 5.74) is -0.107. The Kier molecular flexibility index (Phi) is 4.40. The Balaban J connectivity index is 1.96. The fourth-order valence-corrected chi connectivity index (χ4v) is 3.27. The summed E-state index contributed by atoms with van der Waals surface area (Å²) >= 11 is 0. The number of hydrogen-bond acceptors (Lipinski definition) is 7. The highest BCUT2D eigenvalue weighted by Gasteiger charge is 2.48. The van der Waals surface area contributed by atoms with Crippen LogP contribution in [0, 0.1) is 12.7 Å². The van der Waals surface area contributed by atoms with Crippen LogP contribution >= 0.6 is 0 Å². The number of aryl methyl sites for hydroxylation is 1. The Hall–Kier alpha value is -3.52. The summed E-state index contributed by atoms with van der Waals surface area (Å²) in [6.45, 7) is 1.69. The minimum atomic E-state index is -1.69. The van der Waals surface area contributed by atoms with Crippen molar-refractivity contribution in [1.82, 2.24) is 9.97 Å². The molecule has 1 saturated heterocycles. The molecule has 4 rings (SSSR count). The van der Waals surface area contributed by atoms with Crippen LogP contribution in [0.5, 0.6) is 0 Å². The van der Waals surface area contributed by atoms with Crippen LogP contribution in [0.4, 0.5) is 10.3 Å². The number of anilines is 1. The van der Waals surface area contributed by atoms with Crippen LogP contribution in [-0.4, -0.2) is 32.2 Å². The first kappa shape index (κ1) is 17.9. The van der Waals surface area contributed by atoms with Gasteiger partial charge in [-0.3, -0.25) is 9.69 Å². The summed E-state index contributed by atoms with van der Waals surface area (Å²) in [6.07, 6.45) is 1.19. The lowest BCUT2D eigenvalue weighted by Gasteiger charge is -2.27. The third-order valence-electron chi connectivity index (χ3n) is 4.53. The Morgan fingerprint density at radius 2 is 1.86 bits per heavy atom. The molecule has 2 N–H and O–H groups in total. The summed E-state index contributed by atoms with van der Waals surface area (Å²) in [5.74, 6) is -1.26. The molecule has 0 bridgehead atoms.